The van der Waals surface area contributed by atoms with E-state index in [-0.39, 0.29) is 11.7 Å². The minimum Gasteiger partial charge on any atom is -0.486 e. The van der Waals surface area contributed by atoms with Gasteiger partial charge in [-0.2, -0.15) is 4.98 Å². The van der Waals surface area contributed by atoms with Crippen LogP contribution in [0.3, 0.4) is 0 Å². The zero-order valence-electron chi connectivity index (χ0n) is 14.6. The second-order valence-corrected chi connectivity index (χ2v) is 7.34. The average molecular weight is 340 g/mol. The van der Waals surface area contributed by atoms with E-state index in [4.69, 9.17) is 9.47 Å². The quantitative estimate of drug-likeness (QED) is 0.856. The number of para-hydroxylation sites is 1. The van der Waals surface area contributed by atoms with E-state index in [0.717, 1.165) is 18.6 Å². The predicted octanol–water partition coefficient (Wildman–Crippen LogP) is 3.42. The fourth-order valence-electron chi connectivity index (χ4n) is 4.14. The highest BCUT2D eigenvalue weighted by Gasteiger charge is 2.48. The van der Waals surface area contributed by atoms with Gasteiger partial charge in [0.2, 0.25) is 0 Å². The molecule has 0 amide bonds. The maximum absolute atomic E-state index is 11.6. The van der Waals surface area contributed by atoms with E-state index in [2.05, 4.69) is 11.9 Å². The lowest BCUT2D eigenvalue weighted by Gasteiger charge is -2.39. The number of ether oxygens (including phenoxy) is 2. The van der Waals surface area contributed by atoms with Crippen molar-refractivity contribution in [3.63, 3.8) is 0 Å². The van der Waals surface area contributed by atoms with Crippen LogP contribution in [-0.2, 0) is 6.54 Å². The summed E-state index contributed by atoms with van der Waals surface area (Å²) in [7, 11) is 0. The zero-order chi connectivity index (χ0) is 17.3. The summed E-state index contributed by atoms with van der Waals surface area (Å²) in [6.07, 6.45) is 7.75. The van der Waals surface area contributed by atoms with Gasteiger partial charge in [0.25, 0.3) is 5.56 Å². The molecule has 1 saturated carbocycles. The highest BCUT2D eigenvalue weighted by Crippen LogP contribution is 2.39. The third kappa shape index (κ3) is 3.28. The van der Waals surface area contributed by atoms with Gasteiger partial charge in [-0.3, -0.25) is 9.36 Å². The van der Waals surface area contributed by atoms with Crippen molar-refractivity contribution >= 4 is 0 Å². The van der Waals surface area contributed by atoms with Gasteiger partial charge in [0.15, 0.2) is 5.60 Å². The Morgan fingerprint density at radius 1 is 1.20 bits per heavy atom. The van der Waals surface area contributed by atoms with Gasteiger partial charge in [-0.05, 0) is 37.8 Å². The fourth-order valence-corrected chi connectivity index (χ4v) is 4.14. The third-order valence-corrected chi connectivity index (χ3v) is 5.34. The number of hydrogen-bond acceptors (Lipinski definition) is 4. The van der Waals surface area contributed by atoms with Gasteiger partial charge in [-0.15, -0.1) is 0 Å². The van der Waals surface area contributed by atoms with Gasteiger partial charge < -0.3 is 9.47 Å². The smallest absolute Gasteiger partial charge is 0.300 e. The molecule has 1 aromatic carbocycles. The van der Waals surface area contributed by atoms with Crippen LogP contribution in [0.2, 0.25) is 0 Å². The summed E-state index contributed by atoms with van der Waals surface area (Å²) in [5.74, 6) is 1.31. The van der Waals surface area contributed by atoms with E-state index in [9.17, 15) is 4.79 Å². The predicted molar refractivity (Wildman–Crippen MR) is 95.0 cm³/mol. The van der Waals surface area contributed by atoms with Gasteiger partial charge in [0.05, 0.1) is 6.54 Å². The van der Waals surface area contributed by atoms with Crippen LogP contribution in [0, 0.1) is 5.92 Å². The van der Waals surface area contributed by atoms with Crippen LogP contribution in [-0.4, -0.2) is 21.3 Å². The van der Waals surface area contributed by atoms with E-state index in [1.165, 1.54) is 25.3 Å². The number of fused-ring (bicyclic) bond motifs is 1. The lowest BCUT2D eigenvalue weighted by Crippen LogP contribution is -2.52. The highest BCUT2D eigenvalue weighted by molar-refractivity contribution is 5.22. The lowest BCUT2D eigenvalue weighted by atomic mass is 9.78. The molecular weight excluding hydrogens is 316 g/mol. The molecule has 0 radical (unpaired) electrons. The van der Waals surface area contributed by atoms with E-state index in [1.807, 2.05) is 34.9 Å². The molecule has 5 nitrogen and oxygen atoms in total. The van der Waals surface area contributed by atoms with E-state index in [0.29, 0.717) is 18.5 Å². The molecule has 1 fully saturated rings. The molecule has 1 aliphatic carbocycles. The summed E-state index contributed by atoms with van der Waals surface area (Å²) in [6, 6.07) is 11.8. The summed E-state index contributed by atoms with van der Waals surface area (Å²) in [4.78, 5) is 15.6. The molecule has 2 atom stereocenters. The minimum atomic E-state index is -0.536. The van der Waals surface area contributed by atoms with Crippen LogP contribution in [0.1, 0.15) is 39.0 Å². The van der Waals surface area contributed by atoms with Crippen molar-refractivity contribution in [1.82, 2.24) is 9.55 Å². The second-order valence-electron chi connectivity index (χ2n) is 7.34. The Labute approximate surface area is 147 Å². The molecule has 0 N–H and O–H groups in total. The molecule has 5 heteroatoms. The number of nitrogens with zero attached hydrogens (tertiary/aromatic N) is 2. The van der Waals surface area contributed by atoms with Crippen LogP contribution < -0.4 is 15.0 Å². The van der Waals surface area contributed by atoms with Crippen molar-refractivity contribution in [2.45, 2.75) is 57.3 Å². The van der Waals surface area contributed by atoms with Crippen LogP contribution in [0.25, 0.3) is 0 Å². The SMILES string of the molecule is CC1(C(Oc2ccccc2)C2CCCCC2)Cn2ccc(=O)nc2O1. The largest absolute Gasteiger partial charge is 0.486 e. The molecule has 0 spiro atoms. The summed E-state index contributed by atoms with van der Waals surface area (Å²) in [5, 5.41) is 0. The van der Waals surface area contributed by atoms with Crippen molar-refractivity contribution < 1.29 is 9.47 Å². The maximum Gasteiger partial charge on any atom is 0.300 e. The van der Waals surface area contributed by atoms with Crippen molar-refractivity contribution in [3.05, 3.63) is 52.9 Å². The lowest BCUT2D eigenvalue weighted by molar-refractivity contribution is -0.0542. The highest BCUT2D eigenvalue weighted by atomic mass is 16.6. The molecule has 0 saturated heterocycles. The molecule has 0 bridgehead atoms. The van der Waals surface area contributed by atoms with E-state index < -0.39 is 5.60 Å². The first-order valence-corrected chi connectivity index (χ1v) is 9.12. The molecule has 2 heterocycles. The first kappa shape index (κ1) is 16.2. The molecule has 132 valence electrons. The normalized spacial score (nSPS) is 24.4. The molecule has 4 rings (SSSR count). The average Bonchev–Trinajstić information content (AvgIpc) is 2.97. The van der Waals surface area contributed by atoms with Gasteiger partial charge in [-0.1, -0.05) is 37.5 Å². The molecule has 1 aromatic heterocycles. The molecule has 1 aliphatic heterocycles. The number of rotatable bonds is 4. The van der Waals surface area contributed by atoms with Crippen LogP contribution in [0.4, 0.5) is 0 Å². The summed E-state index contributed by atoms with van der Waals surface area (Å²) < 4.78 is 14.6. The monoisotopic (exact) mass is 340 g/mol. The Balaban J connectivity index is 1.64. The Morgan fingerprint density at radius 3 is 2.72 bits per heavy atom. The summed E-state index contributed by atoms with van der Waals surface area (Å²) in [5.41, 5.74) is -0.806. The second kappa shape index (κ2) is 6.54. The summed E-state index contributed by atoms with van der Waals surface area (Å²) in [6.45, 7) is 2.72. The van der Waals surface area contributed by atoms with Crippen LogP contribution in [0.5, 0.6) is 11.8 Å². The van der Waals surface area contributed by atoms with Crippen LogP contribution in [0.15, 0.2) is 47.4 Å². The Morgan fingerprint density at radius 2 is 1.96 bits per heavy atom. The molecule has 2 aromatic rings. The third-order valence-electron chi connectivity index (χ3n) is 5.34. The van der Waals surface area contributed by atoms with Gasteiger partial charge in [0, 0.05) is 12.3 Å². The molecule has 25 heavy (non-hydrogen) atoms. The first-order chi connectivity index (χ1) is 12.1. The van der Waals surface area contributed by atoms with Crippen molar-refractivity contribution in [1.29, 1.82) is 0 Å². The Bertz CT molecular complexity index is 783. The standard InChI is InChI=1S/C20H24N2O3/c1-20(14-22-13-12-17(23)21-19(22)25-20)18(15-8-4-2-5-9-15)24-16-10-6-3-7-11-16/h3,6-7,10-13,15,18H,2,4-5,8-9,14H2,1H3. The number of benzene rings is 1. The van der Waals surface area contributed by atoms with Gasteiger partial charge >= 0.3 is 6.01 Å². The number of aromatic nitrogens is 2. The number of hydrogen-bond donors (Lipinski definition) is 0. The van der Waals surface area contributed by atoms with E-state index >= 15 is 0 Å². The molecule has 2 aliphatic rings. The van der Waals surface area contributed by atoms with Crippen molar-refractivity contribution in [2.75, 3.05) is 0 Å². The van der Waals surface area contributed by atoms with Gasteiger partial charge in [-0.25, -0.2) is 0 Å². The minimum absolute atomic E-state index is 0.0768. The topological polar surface area (TPSA) is 53.4 Å². The molecule has 2 unspecified atom stereocenters. The Hall–Kier alpha value is -2.30. The van der Waals surface area contributed by atoms with Crippen LogP contribution >= 0.6 is 0 Å². The van der Waals surface area contributed by atoms with Gasteiger partial charge in [0.1, 0.15) is 11.9 Å². The first-order valence-electron chi connectivity index (χ1n) is 9.12. The summed E-state index contributed by atoms with van der Waals surface area (Å²) >= 11 is 0. The van der Waals surface area contributed by atoms with E-state index in [1.54, 1.807) is 6.20 Å². The van der Waals surface area contributed by atoms with Crippen molar-refractivity contribution in [3.8, 4) is 11.8 Å². The molecular formula is C20H24N2O3. The Kier molecular flexibility index (Phi) is 4.24. The fraction of sp³-hybridized carbons (Fsp3) is 0.500. The van der Waals surface area contributed by atoms with Crippen molar-refractivity contribution in [2.24, 2.45) is 5.92 Å². The zero-order valence-corrected chi connectivity index (χ0v) is 14.6. The maximum atomic E-state index is 11.6.